The zero-order chi connectivity index (χ0) is 31.7. The monoisotopic (exact) mass is 605 g/mol. The topological polar surface area (TPSA) is 259 Å². The van der Waals surface area contributed by atoms with Gasteiger partial charge in [0.25, 0.3) is 0 Å². The summed E-state index contributed by atoms with van der Waals surface area (Å²) in [5, 5.41) is 90.6. The largest absolute Gasteiger partial charge is 0.393 e. The molecule has 0 aromatic heterocycles. The van der Waals surface area contributed by atoms with Gasteiger partial charge >= 0.3 is 0 Å². The van der Waals surface area contributed by atoms with E-state index in [9.17, 15) is 46.0 Å². The van der Waals surface area contributed by atoms with Gasteiger partial charge in [-0.05, 0) is 44.9 Å². The van der Waals surface area contributed by atoms with E-state index in [4.69, 9.17) is 16.2 Å². The number of aliphatic imine (C=N–C) groups is 1. The van der Waals surface area contributed by atoms with E-state index in [-0.39, 0.29) is 57.3 Å². The number of hydrogen-bond donors (Lipinski definition) is 11. The maximum atomic E-state index is 10.4. The zero-order valence-electron chi connectivity index (χ0n) is 24.7. The fraction of sp³-hybridized carbons (Fsp3) is 0.828. The zero-order valence-corrected chi connectivity index (χ0v) is 24.7. The number of aliphatic hydroxyl groups excluding tert-OH is 9. The summed E-state index contributed by atoms with van der Waals surface area (Å²) in [6.07, 6.45) is 0.295. The predicted molar refractivity (Wildman–Crippen MR) is 158 cm³/mol. The molecule has 11 atom stereocenters. The maximum Gasteiger partial charge on any atom is 0.185 e. The van der Waals surface area contributed by atoms with E-state index in [1.807, 2.05) is 6.92 Å². The first-order valence-corrected chi connectivity index (χ1v) is 15.0. The quantitative estimate of drug-likeness (QED) is 0.0202. The second-order valence-electron chi connectivity index (χ2n) is 11.4. The van der Waals surface area contributed by atoms with E-state index >= 15 is 0 Å². The lowest BCUT2D eigenvalue weighted by Crippen LogP contribution is -2.27. The number of nitrogens with zero attached hydrogens (tertiary/aromatic N) is 1. The number of rotatable bonds is 24. The Morgan fingerprint density at radius 2 is 1.26 bits per heavy atom. The third-order valence-electron chi connectivity index (χ3n) is 7.13. The van der Waals surface area contributed by atoms with Crippen molar-refractivity contribution in [2.45, 2.75) is 145 Å². The second kappa shape index (κ2) is 21.1. The minimum atomic E-state index is -0.981. The van der Waals surface area contributed by atoms with Gasteiger partial charge in [0.2, 0.25) is 0 Å². The molecule has 1 aliphatic rings. The SMILES string of the molecule is CCC(O)CC(O)/C=C/CC(O)CC(O)CC(O)C1OC1CC(O)CC(O)/C=C/CC(O)CC(O)CCCN=C(N)N. The Kier molecular flexibility index (Phi) is 19.3. The summed E-state index contributed by atoms with van der Waals surface area (Å²) in [6, 6.07) is 0. The molecular formula is C29H55N3O10. The molecule has 0 aliphatic carbocycles. The van der Waals surface area contributed by atoms with Gasteiger partial charge in [0.05, 0.1) is 61.0 Å². The van der Waals surface area contributed by atoms with Crippen molar-refractivity contribution in [3.8, 4) is 0 Å². The van der Waals surface area contributed by atoms with Gasteiger partial charge in [0.15, 0.2) is 5.96 Å². The average molecular weight is 606 g/mol. The summed E-state index contributed by atoms with van der Waals surface area (Å²) in [7, 11) is 0. The molecule has 1 rings (SSSR count). The molecule has 0 aromatic carbocycles. The van der Waals surface area contributed by atoms with Gasteiger partial charge in [-0.1, -0.05) is 31.2 Å². The van der Waals surface area contributed by atoms with Crippen LogP contribution in [0.3, 0.4) is 0 Å². The van der Waals surface area contributed by atoms with Gasteiger partial charge in [-0.2, -0.15) is 0 Å². The highest BCUT2D eigenvalue weighted by molar-refractivity contribution is 5.75. The molecule has 0 saturated carbocycles. The minimum absolute atomic E-state index is 0.00642. The highest BCUT2D eigenvalue weighted by atomic mass is 16.6. The van der Waals surface area contributed by atoms with Crippen LogP contribution in [0.4, 0.5) is 0 Å². The first-order chi connectivity index (χ1) is 19.8. The Morgan fingerprint density at radius 1 is 0.714 bits per heavy atom. The highest BCUT2D eigenvalue weighted by Gasteiger charge is 2.45. The Labute approximate surface area is 248 Å². The van der Waals surface area contributed by atoms with Crippen molar-refractivity contribution in [3.63, 3.8) is 0 Å². The summed E-state index contributed by atoms with van der Waals surface area (Å²) >= 11 is 0. The van der Waals surface area contributed by atoms with Gasteiger partial charge in [0.1, 0.15) is 6.10 Å². The molecule has 13 nitrogen and oxygen atoms in total. The second-order valence-corrected chi connectivity index (χ2v) is 11.4. The van der Waals surface area contributed by atoms with Crippen molar-refractivity contribution in [2.75, 3.05) is 6.54 Å². The van der Waals surface area contributed by atoms with Crippen LogP contribution in [-0.2, 0) is 4.74 Å². The number of aliphatic hydroxyl groups is 9. The molecule has 0 spiro atoms. The summed E-state index contributed by atoms with van der Waals surface area (Å²) in [6.45, 7) is 2.22. The van der Waals surface area contributed by atoms with Crippen molar-refractivity contribution in [1.82, 2.24) is 0 Å². The number of nitrogens with two attached hydrogens (primary N) is 2. The molecule has 11 unspecified atom stereocenters. The highest BCUT2D eigenvalue weighted by Crippen LogP contribution is 2.32. The summed E-state index contributed by atoms with van der Waals surface area (Å²) < 4.78 is 5.45. The van der Waals surface area contributed by atoms with Crippen LogP contribution >= 0.6 is 0 Å². The molecule has 246 valence electrons. The molecule has 0 radical (unpaired) electrons. The lowest BCUT2D eigenvalue weighted by atomic mass is 9.98. The van der Waals surface area contributed by atoms with Gasteiger partial charge in [-0.15, -0.1) is 0 Å². The van der Waals surface area contributed by atoms with Crippen molar-refractivity contribution >= 4 is 5.96 Å². The van der Waals surface area contributed by atoms with Crippen LogP contribution in [0, 0.1) is 0 Å². The lowest BCUT2D eigenvalue weighted by Gasteiger charge is -2.17. The standard InChI is InChI=1S/C29H55N3O10/c1-2-18(33)12-19(34)6-3-8-21(36)14-24(39)16-26(41)28-27(42-28)17-25(40)15-22(37)9-4-7-20(35)13-23(38)10-5-11-32-29(30)31/h3-4,6,9,18-28,33-41H,2,5,7-8,10-17H2,1H3,(H4,30,31,32)/b6-3+,9-4+. The van der Waals surface area contributed by atoms with Crippen molar-refractivity contribution in [1.29, 1.82) is 0 Å². The fourth-order valence-corrected chi connectivity index (χ4v) is 4.70. The molecular weight excluding hydrogens is 550 g/mol. The first-order valence-electron chi connectivity index (χ1n) is 15.0. The number of ether oxygens (including phenoxy) is 1. The summed E-state index contributed by atoms with van der Waals surface area (Å²) in [5.41, 5.74) is 10.5. The van der Waals surface area contributed by atoms with E-state index in [0.29, 0.717) is 25.8 Å². The van der Waals surface area contributed by atoms with Crippen LogP contribution in [0.5, 0.6) is 0 Å². The van der Waals surface area contributed by atoms with Crippen LogP contribution in [0.1, 0.15) is 77.6 Å². The Hall–Kier alpha value is -1.65. The molecule has 13 N–H and O–H groups in total. The van der Waals surface area contributed by atoms with Crippen molar-refractivity contribution in [2.24, 2.45) is 16.5 Å². The lowest BCUT2D eigenvalue weighted by molar-refractivity contribution is 0.0311. The predicted octanol–water partition coefficient (Wildman–Crippen LogP) is -1.30. The summed E-state index contributed by atoms with van der Waals surface area (Å²) in [5.74, 6) is -0.00642. The smallest absolute Gasteiger partial charge is 0.185 e. The van der Waals surface area contributed by atoms with Gasteiger partial charge in [-0.25, -0.2) is 0 Å². The summed E-state index contributed by atoms with van der Waals surface area (Å²) in [4.78, 5) is 3.83. The third-order valence-corrected chi connectivity index (χ3v) is 7.13. The third kappa shape index (κ3) is 18.8. The molecule has 1 saturated heterocycles. The molecule has 42 heavy (non-hydrogen) atoms. The molecule has 0 amide bonds. The maximum absolute atomic E-state index is 10.4. The molecule has 1 heterocycles. The first kappa shape index (κ1) is 38.4. The van der Waals surface area contributed by atoms with Crippen LogP contribution < -0.4 is 11.5 Å². The molecule has 0 bridgehead atoms. The minimum Gasteiger partial charge on any atom is -0.393 e. The van der Waals surface area contributed by atoms with Crippen molar-refractivity contribution < 1.29 is 50.7 Å². The molecule has 1 fully saturated rings. The number of guanidine groups is 1. The Bertz CT molecular complexity index is 798. The molecule has 0 aromatic rings. The van der Waals surface area contributed by atoms with Crippen LogP contribution in [-0.4, -0.2) is 126 Å². The van der Waals surface area contributed by atoms with Crippen LogP contribution in [0.15, 0.2) is 29.3 Å². The van der Waals surface area contributed by atoms with Crippen LogP contribution in [0.2, 0.25) is 0 Å². The Balaban J connectivity index is 2.23. The van der Waals surface area contributed by atoms with Gasteiger partial charge in [-0.3, -0.25) is 4.99 Å². The number of epoxide rings is 1. The van der Waals surface area contributed by atoms with E-state index in [0.717, 1.165) is 0 Å². The van der Waals surface area contributed by atoms with Crippen LogP contribution in [0.25, 0.3) is 0 Å². The molecule has 1 aliphatic heterocycles. The average Bonchev–Trinajstić information content (AvgIpc) is 3.65. The number of hydrogen-bond acceptors (Lipinski definition) is 11. The van der Waals surface area contributed by atoms with Gasteiger partial charge in [0, 0.05) is 32.2 Å². The normalized spacial score (nSPS) is 23.7. The molecule has 13 heteroatoms. The van der Waals surface area contributed by atoms with E-state index in [2.05, 4.69) is 4.99 Å². The fourth-order valence-electron chi connectivity index (χ4n) is 4.70. The van der Waals surface area contributed by atoms with Crippen molar-refractivity contribution in [3.05, 3.63) is 24.3 Å². The van der Waals surface area contributed by atoms with E-state index in [1.54, 1.807) is 12.2 Å². The van der Waals surface area contributed by atoms with Gasteiger partial charge < -0.3 is 62.2 Å². The Morgan fingerprint density at radius 3 is 1.81 bits per heavy atom. The van der Waals surface area contributed by atoms with E-state index < -0.39 is 67.1 Å². The van der Waals surface area contributed by atoms with E-state index in [1.165, 1.54) is 12.2 Å².